The largest absolute Gasteiger partial charge is 0.393 e. The second kappa shape index (κ2) is 4.74. The van der Waals surface area contributed by atoms with Crippen LogP contribution in [0.5, 0.6) is 0 Å². The maximum atomic E-state index is 10.3. The van der Waals surface area contributed by atoms with Crippen molar-refractivity contribution in [3.63, 3.8) is 0 Å². The minimum atomic E-state index is -0.905. The molecule has 2 aliphatic rings. The van der Waals surface area contributed by atoms with Crippen LogP contribution in [-0.4, -0.2) is 22.4 Å². The van der Waals surface area contributed by atoms with Crippen LogP contribution in [0, 0.1) is 17.8 Å². The molecule has 2 aliphatic carbocycles. The molecule has 1 saturated carbocycles. The smallest absolute Gasteiger partial charge is 0.0877 e. The Labute approximate surface area is 105 Å². The van der Waals surface area contributed by atoms with E-state index in [2.05, 4.69) is 13.8 Å². The average molecular weight is 238 g/mol. The second-order valence-electron chi connectivity index (χ2n) is 6.41. The molecule has 2 heteroatoms. The highest BCUT2D eigenvalue weighted by Crippen LogP contribution is 2.47. The molecule has 1 fully saturated rings. The molecule has 0 aromatic rings. The second-order valence-corrected chi connectivity index (χ2v) is 6.41. The van der Waals surface area contributed by atoms with Gasteiger partial charge in [-0.05, 0) is 63.7 Å². The predicted octanol–water partition coefficient (Wildman–Crippen LogP) is 2.89. The molecule has 0 radical (unpaired) electrons. The van der Waals surface area contributed by atoms with Gasteiger partial charge in [-0.1, -0.05) is 18.1 Å². The van der Waals surface area contributed by atoms with Crippen LogP contribution in [0.3, 0.4) is 0 Å². The minimum absolute atomic E-state index is 0.118. The van der Waals surface area contributed by atoms with Crippen molar-refractivity contribution in [1.82, 2.24) is 0 Å². The first-order chi connectivity index (χ1) is 7.95. The van der Waals surface area contributed by atoms with Crippen molar-refractivity contribution >= 4 is 0 Å². The first-order valence-corrected chi connectivity index (χ1v) is 6.97. The highest BCUT2D eigenvalue weighted by molar-refractivity contribution is 5.22. The van der Waals surface area contributed by atoms with Crippen LogP contribution in [-0.2, 0) is 0 Å². The molecule has 0 saturated heterocycles. The molecule has 2 rings (SSSR count). The van der Waals surface area contributed by atoms with E-state index in [1.807, 2.05) is 0 Å². The molecule has 17 heavy (non-hydrogen) atoms. The summed E-state index contributed by atoms with van der Waals surface area (Å²) in [5.41, 5.74) is 2.31. The lowest BCUT2D eigenvalue weighted by atomic mass is 9.78. The Balaban J connectivity index is 2.19. The quantitative estimate of drug-likeness (QED) is 0.726. The fraction of sp³-hybridized carbons (Fsp3) is 0.867. The van der Waals surface area contributed by atoms with Crippen LogP contribution in [0.25, 0.3) is 0 Å². The minimum Gasteiger partial charge on any atom is -0.393 e. The van der Waals surface area contributed by atoms with Gasteiger partial charge in [-0.25, -0.2) is 0 Å². The van der Waals surface area contributed by atoms with Crippen LogP contribution in [0.4, 0.5) is 0 Å². The first kappa shape index (κ1) is 13.1. The van der Waals surface area contributed by atoms with E-state index in [4.69, 9.17) is 0 Å². The molecule has 0 aromatic heterocycles. The van der Waals surface area contributed by atoms with Gasteiger partial charge in [-0.2, -0.15) is 0 Å². The Kier molecular flexibility index (Phi) is 3.65. The molecular weight excluding hydrogens is 212 g/mol. The van der Waals surface area contributed by atoms with Gasteiger partial charge < -0.3 is 10.2 Å². The van der Waals surface area contributed by atoms with E-state index in [1.54, 1.807) is 18.1 Å². The summed E-state index contributed by atoms with van der Waals surface area (Å²) in [6.45, 7) is 6.27. The third-order valence-electron chi connectivity index (χ3n) is 5.16. The summed E-state index contributed by atoms with van der Waals surface area (Å²) in [7, 11) is 0. The number of hydrogen-bond donors (Lipinski definition) is 2. The zero-order valence-electron chi connectivity index (χ0n) is 11.4. The molecule has 0 aromatic carbocycles. The highest BCUT2D eigenvalue weighted by Gasteiger charge is 2.39. The molecule has 2 nitrogen and oxygen atoms in total. The molecule has 0 spiro atoms. The Bertz CT molecular complexity index is 317. The van der Waals surface area contributed by atoms with E-state index < -0.39 is 5.60 Å². The molecule has 1 unspecified atom stereocenters. The van der Waals surface area contributed by atoms with Crippen molar-refractivity contribution in [2.75, 3.05) is 6.61 Å². The van der Waals surface area contributed by atoms with Crippen LogP contribution < -0.4 is 0 Å². The summed E-state index contributed by atoms with van der Waals surface area (Å²) in [6.07, 6.45) is 5.73. The van der Waals surface area contributed by atoms with Gasteiger partial charge in [0.05, 0.1) is 12.2 Å². The normalized spacial score (nSPS) is 37.6. The topological polar surface area (TPSA) is 40.5 Å². The Hall–Kier alpha value is -0.340. The van der Waals surface area contributed by atoms with Crippen LogP contribution in [0.1, 0.15) is 52.9 Å². The van der Waals surface area contributed by atoms with Gasteiger partial charge >= 0.3 is 0 Å². The molecular formula is C15H26O2. The molecule has 0 aliphatic heterocycles. The third kappa shape index (κ3) is 2.43. The standard InChI is InChI=1S/C15H26O2/c1-10-4-6-12(15(3,17)9-16)8-14-11(2)5-7-13(10)14/h11-12,14,16-17H,4-9H2,1-3H3/t11-,12+,14-,15?/m1/s1. The molecule has 0 amide bonds. The van der Waals surface area contributed by atoms with Crippen molar-refractivity contribution in [2.45, 2.75) is 58.5 Å². The predicted molar refractivity (Wildman–Crippen MR) is 69.6 cm³/mol. The van der Waals surface area contributed by atoms with E-state index in [-0.39, 0.29) is 12.5 Å². The van der Waals surface area contributed by atoms with Crippen LogP contribution >= 0.6 is 0 Å². The lowest BCUT2D eigenvalue weighted by Crippen LogP contribution is -2.39. The van der Waals surface area contributed by atoms with Crippen molar-refractivity contribution < 1.29 is 10.2 Å². The van der Waals surface area contributed by atoms with Crippen molar-refractivity contribution in [2.24, 2.45) is 17.8 Å². The Morgan fingerprint density at radius 2 is 2.00 bits per heavy atom. The Morgan fingerprint density at radius 3 is 2.65 bits per heavy atom. The number of hydrogen-bond acceptors (Lipinski definition) is 2. The van der Waals surface area contributed by atoms with E-state index in [0.717, 1.165) is 25.2 Å². The zero-order chi connectivity index (χ0) is 12.6. The molecule has 2 N–H and O–H groups in total. The maximum Gasteiger partial charge on any atom is 0.0877 e. The fourth-order valence-electron chi connectivity index (χ4n) is 3.69. The van der Waals surface area contributed by atoms with E-state index in [0.29, 0.717) is 5.92 Å². The summed E-state index contributed by atoms with van der Waals surface area (Å²) < 4.78 is 0. The fourth-order valence-corrected chi connectivity index (χ4v) is 3.69. The third-order valence-corrected chi connectivity index (χ3v) is 5.16. The van der Waals surface area contributed by atoms with Crippen LogP contribution in [0.2, 0.25) is 0 Å². The monoisotopic (exact) mass is 238 g/mol. The number of fused-ring (bicyclic) bond motifs is 1. The number of rotatable bonds is 2. The molecule has 0 bridgehead atoms. The molecule has 4 atom stereocenters. The molecule has 0 heterocycles. The van der Waals surface area contributed by atoms with Gasteiger partial charge in [0.2, 0.25) is 0 Å². The number of allylic oxidation sites excluding steroid dienone is 2. The summed E-state index contributed by atoms with van der Waals surface area (Å²) in [6, 6.07) is 0. The SMILES string of the molecule is CC1=C2CC[C@@H](C)[C@H]2C[C@@H](C(C)(O)CO)CC1. The maximum absolute atomic E-state index is 10.3. The van der Waals surface area contributed by atoms with E-state index in [9.17, 15) is 10.2 Å². The van der Waals surface area contributed by atoms with E-state index >= 15 is 0 Å². The Morgan fingerprint density at radius 1 is 1.29 bits per heavy atom. The average Bonchev–Trinajstić information content (AvgIpc) is 2.55. The summed E-state index contributed by atoms with van der Waals surface area (Å²) >= 11 is 0. The lowest BCUT2D eigenvalue weighted by Gasteiger charge is -2.33. The van der Waals surface area contributed by atoms with Gasteiger partial charge in [-0.15, -0.1) is 0 Å². The summed E-state index contributed by atoms with van der Waals surface area (Å²) in [5, 5.41) is 19.6. The lowest BCUT2D eigenvalue weighted by molar-refractivity contribution is -0.0554. The van der Waals surface area contributed by atoms with E-state index in [1.165, 1.54) is 12.8 Å². The van der Waals surface area contributed by atoms with Crippen LogP contribution in [0.15, 0.2) is 11.1 Å². The van der Waals surface area contributed by atoms with Gasteiger partial charge in [0.25, 0.3) is 0 Å². The molecule has 98 valence electrons. The number of aliphatic hydroxyl groups is 2. The summed E-state index contributed by atoms with van der Waals surface area (Å²) in [4.78, 5) is 0. The zero-order valence-corrected chi connectivity index (χ0v) is 11.4. The van der Waals surface area contributed by atoms with Gasteiger partial charge in [0.1, 0.15) is 0 Å². The van der Waals surface area contributed by atoms with Crippen molar-refractivity contribution in [1.29, 1.82) is 0 Å². The van der Waals surface area contributed by atoms with Gasteiger partial charge in [0, 0.05) is 0 Å². The first-order valence-electron chi connectivity index (χ1n) is 6.97. The van der Waals surface area contributed by atoms with Crippen molar-refractivity contribution in [3.8, 4) is 0 Å². The summed E-state index contributed by atoms with van der Waals surface area (Å²) in [5.74, 6) is 1.64. The van der Waals surface area contributed by atoms with Crippen molar-refractivity contribution in [3.05, 3.63) is 11.1 Å². The van der Waals surface area contributed by atoms with Gasteiger partial charge in [-0.3, -0.25) is 0 Å². The van der Waals surface area contributed by atoms with Gasteiger partial charge in [0.15, 0.2) is 0 Å². The highest BCUT2D eigenvalue weighted by atomic mass is 16.3. The number of aliphatic hydroxyl groups excluding tert-OH is 1.